The number of nitrogens with one attached hydrogen (secondary N) is 1. The van der Waals surface area contributed by atoms with Crippen LogP contribution >= 0.6 is 11.6 Å². The fraction of sp³-hybridized carbons (Fsp3) is 0.500. The van der Waals surface area contributed by atoms with Crippen LogP contribution in [0.15, 0.2) is 18.2 Å². The summed E-state index contributed by atoms with van der Waals surface area (Å²) in [6.07, 6.45) is 3.77. The lowest BCUT2D eigenvalue weighted by molar-refractivity contribution is 0.0905. The number of amides is 1. The van der Waals surface area contributed by atoms with E-state index in [4.69, 9.17) is 16.7 Å². The smallest absolute Gasteiger partial charge is 0.251 e. The van der Waals surface area contributed by atoms with Gasteiger partial charge < -0.3 is 15.5 Å². The zero-order chi connectivity index (χ0) is 13.8. The number of hydrogen-bond acceptors (Lipinski definition) is 3. The van der Waals surface area contributed by atoms with Gasteiger partial charge >= 0.3 is 0 Å². The van der Waals surface area contributed by atoms with Gasteiger partial charge in [0.25, 0.3) is 5.91 Å². The molecule has 1 aliphatic carbocycles. The number of benzene rings is 1. The summed E-state index contributed by atoms with van der Waals surface area (Å²) >= 11 is 5.71. The monoisotopic (exact) mass is 283 g/mol. The van der Waals surface area contributed by atoms with E-state index in [1.54, 1.807) is 6.07 Å². The third kappa shape index (κ3) is 3.61. The normalized spacial score (nSPS) is 23.1. The minimum absolute atomic E-state index is 0.0915. The summed E-state index contributed by atoms with van der Waals surface area (Å²) in [5.41, 5.74) is 0.396. The molecule has 1 aliphatic rings. The standard InChI is InChI=1S/C14H18ClNO3/c15-12-5-4-10(7-13(12)18)14(19)16-11-3-1-2-9(6-11)8-17/h4-5,7,9,11,17-18H,1-3,6,8H2,(H,16,19)/t9-,11+/m1/s1. The third-order valence-electron chi connectivity index (χ3n) is 3.58. The molecule has 1 saturated carbocycles. The van der Waals surface area contributed by atoms with E-state index in [2.05, 4.69) is 5.32 Å². The molecule has 0 spiro atoms. The molecule has 0 saturated heterocycles. The van der Waals surface area contributed by atoms with E-state index in [0.29, 0.717) is 5.56 Å². The molecule has 0 aliphatic heterocycles. The van der Waals surface area contributed by atoms with Crippen LogP contribution in [0, 0.1) is 5.92 Å². The lowest BCUT2D eigenvalue weighted by Crippen LogP contribution is -2.39. The molecule has 1 aromatic carbocycles. The Morgan fingerprint density at radius 3 is 2.89 bits per heavy atom. The first-order valence-corrected chi connectivity index (χ1v) is 6.88. The molecular weight excluding hydrogens is 266 g/mol. The first-order valence-electron chi connectivity index (χ1n) is 6.50. The van der Waals surface area contributed by atoms with Crippen molar-refractivity contribution in [1.82, 2.24) is 5.32 Å². The lowest BCUT2D eigenvalue weighted by Gasteiger charge is -2.28. The van der Waals surface area contributed by atoms with Crippen molar-refractivity contribution in [2.45, 2.75) is 31.7 Å². The molecule has 5 heteroatoms. The number of carbonyl (C=O) groups excluding carboxylic acids is 1. The van der Waals surface area contributed by atoms with Crippen molar-refractivity contribution in [2.24, 2.45) is 5.92 Å². The van der Waals surface area contributed by atoms with E-state index in [9.17, 15) is 9.90 Å². The van der Waals surface area contributed by atoms with Crippen LogP contribution in [0.3, 0.4) is 0 Å². The SMILES string of the molecule is O=C(N[C@H]1CCC[C@@H](CO)C1)c1ccc(Cl)c(O)c1. The van der Waals surface area contributed by atoms with Gasteiger partial charge in [0.2, 0.25) is 0 Å². The second-order valence-corrected chi connectivity index (χ2v) is 5.46. The summed E-state index contributed by atoms with van der Waals surface area (Å²) in [7, 11) is 0. The summed E-state index contributed by atoms with van der Waals surface area (Å²) in [6, 6.07) is 4.55. The minimum atomic E-state index is -0.212. The number of carbonyl (C=O) groups is 1. The zero-order valence-electron chi connectivity index (χ0n) is 10.6. The summed E-state index contributed by atoms with van der Waals surface area (Å²) in [4.78, 5) is 12.0. The zero-order valence-corrected chi connectivity index (χ0v) is 11.4. The van der Waals surface area contributed by atoms with Crippen molar-refractivity contribution in [3.8, 4) is 5.75 Å². The molecule has 3 N–H and O–H groups in total. The highest BCUT2D eigenvalue weighted by atomic mass is 35.5. The number of halogens is 1. The maximum Gasteiger partial charge on any atom is 0.251 e. The second kappa shape index (κ2) is 6.26. The van der Waals surface area contributed by atoms with E-state index in [1.807, 2.05) is 0 Å². The van der Waals surface area contributed by atoms with Crippen LogP contribution in [0.4, 0.5) is 0 Å². The molecule has 0 aromatic heterocycles. The van der Waals surface area contributed by atoms with Gasteiger partial charge in [-0.3, -0.25) is 4.79 Å². The van der Waals surface area contributed by atoms with E-state index >= 15 is 0 Å². The van der Waals surface area contributed by atoms with Gasteiger partial charge in [-0.05, 0) is 43.4 Å². The maximum atomic E-state index is 12.0. The van der Waals surface area contributed by atoms with Crippen LogP contribution in [0.25, 0.3) is 0 Å². The molecule has 2 rings (SSSR count). The molecule has 1 fully saturated rings. The number of hydrogen-bond donors (Lipinski definition) is 3. The van der Waals surface area contributed by atoms with Crippen LogP contribution in [-0.2, 0) is 0 Å². The Morgan fingerprint density at radius 1 is 1.42 bits per heavy atom. The summed E-state index contributed by atoms with van der Waals surface area (Å²) < 4.78 is 0. The molecule has 0 unspecified atom stereocenters. The Bertz CT molecular complexity index is 464. The molecule has 2 atom stereocenters. The molecule has 1 aromatic rings. The number of aliphatic hydroxyl groups excluding tert-OH is 1. The fourth-order valence-corrected chi connectivity index (χ4v) is 2.63. The first kappa shape index (κ1) is 14.2. The quantitative estimate of drug-likeness (QED) is 0.797. The molecule has 0 heterocycles. The Hall–Kier alpha value is -1.26. The Labute approximate surface area is 117 Å². The van der Waals surface area contributed by atoms with Crippen LogP contribution in [0.5, 0.6) is 5.75 Å². The van der Waals surface area contributed by atoms with Crippen LogP contribution in [0.1, 0.15) is 36.0 Å². The number of aliphatic hydroxyl groups is 1. The Morgan fingerprint density at radius 2 is 2.21 bits per heavy atom. The van der Waals surface area contributed by atoms with Crippen molar-refractivity contribution in [1.29, 1.82) is 0 Å². The van der Waals surface area contributed by atoms with Gasteiger partial charge in [0.1, 0.15) is 5.75 Å². The van der Waals surface area contributed by atoms with Gasteiger partial charge in [0.05, 0.1) is 5.02 Å². The van der Waals surface area contributed by atoms with Crippen molar-refractivity contribution in [3.05, 3.63) is 28.8 Å². The number of rotatable bonds is 3. The van der Waals surface area contributed by atoms with Crippen LogP contribution in [0.2, 0.25) is 5.02 Å². The minimum Gasteiger partial charge on any atom is -0.506 e. The molecule has 19 heavy (non-hydrogen) atoms. The van der Waals surface area contributed by atoms with E-state index in [-0.39, 0.29) is 35.2 Å². The maximum absolute atomic E-state index is 12.0. The summed E-state index contributed by atoms with van der Waals surface area (Å²) in [6.45, 7) is 0.175. The van der Waals surface area contributed by atoms with Crippen molar-refractivity contribution >= 4 is 17.5 Å². The van der Waals surface area contributed by atoms with Crippen molar-refractivity contribution < 1.29 is 15.0 Å². The van der Waals surface area contributed by atoms with Crippen molar-refractivity contribution in [3.63, 3.8) is 0 Å². The topological polar surface area (TPSA) is 69.6 Å². The van der Waals surface area contributed by atoms with Gasteiger partial charge in [-0.15, -0.1) is 0 Å². The van der Waals surface area contributed by atoms with E-state index < -0.39 is 0 Å². The van der Waals surface area contributed by atoms with Gasteiger partial charge in [0.15, 0.2) is 0 Å². The fourth-order valence-electron chi connectivity index (χ4n) is 2.51. The van der Waals surface area contributed by atoms with Crippen LogP contribution < -0.4 is 5.32 Å². The average Bonchev–Trinajstić information content (AvgIpc) is 2.42. The average molecular weight is 284 g/mol. The number of phenolic OH excluding ortho intramolecular Hbond substituents is 1. The highest BCUT2D eigenvalue weighted by Gasteiger charge is 2.23. The second-order valence-electron chi connectivity index (χ2n) is 5.05. The predicted molar refractivity (Wildman–Crippen MR) is 73.4 cm³/mol. The lowest BCUT2D eigenvalue weighted by atomic mass is 9.86. The van der Waals surface area contributed by atoms with Crippen LogP contribution in [-0.4, -0.2) is 28.8 Å². The number of phenols is 1. The Kier molecular flexibility index (Phi) is 4.66. The van der Waals surface area contributed by atoms with E-state index in [0.717, 1.165) is 25.7 Å². The summed E-state index contributed by atoms with van der Waals surface area (Å²) in [5.74, 6) is -0.0283. The van der Waals surface area contributed by atoms with E-state index in [1.165, 1.54) is 12.1 Å². The summed E-state index contributed by atoms with van der Waals surface area (Å²) in [5, 5.41) is 21.8. The van der Waals surface area contributed by atoms with Gasteiger partial charge in [-0.25, -0.2) is 0 Å². The molecule has 0 radical (unpaired) electrons. The van der Waals surface area contributed by atoms with Crippen molar-refractivity contribution in [2.75, 3.05) is 6.61 Å². The largest absolute Gasteiger partial charge is 0.506 e. The molecule has 104 valence electrons. The van der Waals surface area contributed by atoms with Gasteiger partial charge in [-0.2, -0.15) is 0 Å². The molecular formula is C14H18ClNO3. The van der Waals surface area contributed by atoms with Gasteiger partial charge in [0, 0.05) is 18.2 Å². The molecule has 0 bridgehead atoms. The molecule has 4 nitrogen and oxygen atoms in total. The van der Waals surface area contributed by atoms with Gasteiger partial charge in [-0.1, -0.05) is 18.0 Å². The highest BCUT2D eigenvalue weighted by Crippen LogP contribution is 2.26. The Balaban J connectivity index is 1.98. The predicted octanol–water partition coefficient (Wildman–Crippen LogP) is 2.33. The molecule has 1 amide bonds. The first-order chi connectivity index (χ1) is 9.10. The number of aromatic hydroxyl groups is 1. The third-order valence-corrected chi connectivity index (χ3v) is 3.90. The highest BCUT2D eigenvalue weighted by molar-refractivity contribution is 6.32.